The maximum absolute atomic E-state index is 13.1. The first-order valence-corrected chi connectivity index (χ1v) is 9.25. The smallest absolute Gasteiger partial charge is 0.123 e. The Labute approximate surface area is 149 Å². The Balaban J connectivity index is 1.39. The number of aliphatic hydroxyl groups excluding tert-OH is 1. The van der Waals surface area contributed by atoms with Crippen LogP contribution in [0.25, 0.3) is 10.6 Å². The molecule has 0 aliphatic carbocycles. The number of aromatic amines is 1. The summed E-state index contributed by atoms with van der Waals surface area (Å²) in [6.45, 7) is 2.40. The van der Waals surface area contributed by atoms with Gasteiger partial charge in [0.15, 0.2) is 0 Å². The van der Waals surface area contributed by atoms with Gasteiger partial charge in [0.1, 0.15) is 5.82 Å². The molecule has 0 radical (unpaired) electrons. The Kier molecular flexibility index (Phi) is 4.65. The molecule has 0 saturated carbocycles. The van der Waals surface area contributed by atoms with E-state index >= 15 is 0 Å². The molecule has 6 heteroatoms. The van der Waals surface area contributed by atoms with Crippen molar-refractivity contribution in [2.45, 2.75) is 25.0 Å². The zero-order valence-electron chi connectivity index (χ0n) is 13.7. The highest BCUT2D eigenvalue weighted by Gasteiger charge is 2.29. The van der Waals surface area contributed by atoms with Crippen LogP contribution in [0.5, 0.6) is 0 Å². The van der Waals surface area contributed by atoms with Crippen LogP contribution in [0, 0.1) is 5.82 Å². The van der Waals surface area contributed by atoms with Crippen molar-refractivity contribution in [3.8, 4) is 10.6 Å². The maximum Gasteiger partial charge on any atom is 0.123 e. The van der Waals surface area contributed by atoms with Gasteiger partial charge in [0.2, 0.25) is 0 Å². The Bertz CT molecular complexity index is 816. The minimum atomic E-state index is -0.425. The molecule has 25 heavy (non-hydrogen) atoms. The summed E-state index contributed by atoms with van der Waals surface area (Å²) in [4.78, 5) is 4.74. The van der Waals surface area contributed by atoms with Crippen molar-refractivity contribution in [1.29, 1.82) is 0 Å². The van der Waals surface area contributed by atoms with Crippen LogP contribution in [-0.4, -0.2) is 39.4 Å². The predicted octanol–water partition coefficient (Wildman–Crippen LogP) is 3.63. The van der Waals surface area contributed by atoms with Crippen LogP contribution in [0.2, 0.25) is 0 Å². The third-order valence-corrected chi connectivity index (χ3v) is 5.87. The first kappa shape index (κ1) is 16.4. The van der Waals surface area contributed by atoms with E-state index in [2.05, 4.69) is 27.2 Å². The summed E-state index contributed by atoms with van der Waals surface area (Å²) in [7, 11) is 0. The minimum Gasteiger partial charge on any atom is -0.391 e. The fourth-order valence-electron chi connectivity index (χ4n) is 3.46. The van der Waals surface area contributed by atoms with Crippen molar-refractivity contribution in [2.24, 2.45) is 0 Å². The van der Waals surface area contributed by atoms with Gasteiger partial charge in [-0.15, -0.1) is 11.3 Å². The lowest BCUT2D eigenvalue weighted by Crippen LogP contribution is -2.42. The molecule has 0 unspecified atom stereocenters. The van der Waals surface area contributed by atoms with Gasteiger partial charge in [-0.25, -0.2) is 4.39 Å². The molecule has 4 nitrogen and oxygen atoms in total. The molecule has 3 heterocycles. The maximum atomic E-state index is 13.1. The van der Waals surface area contributed by atoms with E-state index < -0.39 is 6.10 Å². The zero-order chi connectivity index (χ0) is 17.2. The number of thiophene rings is 1. The van der Waals surface area contributed by atoms with E-state index in [1.54, 1.807) is 29.7 Å². The van der Waals surface area contributed by atoms with E-state index in [1.807, 2.05) is 6.07 Å². The Morgan fingerprint density at radius 2 is 2.04 bits per heavy atom. The van der Waals surface area contributed by atoms with Crippen molar-refractivity contribution in [2.75, 3.05) is 13.1 Å². The van der Waals surface area contributed by atoms with Crippen molar-refractivity contribution in [3.63, 3.8) is 0 Å². The van der Waals surface area contributed by atoms with Gasteiger partial charge in [0.05, 0.1) is 16.7 Å². The van der Waals surface area contributed by atoms with Crippen LogP contribution in [0.4, 0.5) is 4.39 Å². The highest BCUT2D eigenvalue weighted by Crippen LogP contribution is 2.31. The van der Waals surface area contributed by atoms with Gasteiger partial charge >= 0.3 is 0 Å². The summed E-state index contributed by atoms with van der Waals surface area (Å²) in [5.74, 6) is -0.151. The number of H-pyrrole nitrogens is 1. The minimum absolute atomic E-state index is 0.0840. The third-order valence-electron chi connectivity index (χ3n) is 4.77. The Hall–Kier alpha value is -2.02. The molecule has 1 aliphatic rings. The Morgan fingerprint density at radius 1 is 1.20 bits per heavy atom. The second-order valence-corrected chi connectivity index (χ2v) is 7.65. The van der Waals surface area contributed by atoms with Gasteiger partial charge in [0.25, 0.3) is 0 Å². The molecular weight excluding hydrogens is 337 g/mol. The van der Waals surface area contributed by atoms with E-state index in [1.165, 1.54) is 21.9 Å². The lowest BCUT2D eigenvalue weighted by Gasteiger charge is -2.36. The second kappa shape index (κ2) is 7.07. The molecular formula is C19H20FN3OS. The van der Waals surface area contributed by atoms with Gasteiger partial charge in [0, 0.05) is 30.1 Å². The van der Waals surface area contributed by atoms with Crippen LogP contribution < -0.4 is 0 Å². The van der Waals surface area contributed by atoms with Crippen LogP contribution >= 0.6 is 11.3 Å². The third kappa shape index (κ3) is 3.66. The largest absolute Gasteiger partial charge is 0.391 e. The molecule has 0 amide bonds. The van der Waals surface area contributed by atoms with E-state index in [-0.39, 0.29) is 11.7 Å². The summed E-state index contributed by atoms with van der Waals surface area (Å²) >= 11 is 1.75. The topological polar surface area (TPSA) is 52.1 Å². The number of rotatable bonds is 4. The highest BCUT2D eigenvalue weighted by atomic mass is 32.1. The van der Waals surface area contributed by atoms with Crippen molar-refractivity contribution >= 4 is 11.3 Å². The molecule has 1 fully saturated rings. The predicted molar refractivity (Wildman–Crippen MR) is 96.9 cm³/mol. The molecule has 1 aliphatic heterocycles. The fraction of sp³-hybridized carbons (Fsp3) is 0.316. The van der Waals surface area contributed by atoms with Gasteiger partial charge in [-0.3, -0.25) is 10.00 Å². The summed E-state index contributed by atoms with van der Waals surface area (Å²) in [6, 6.07) is 12.7. The number of halogens is 1. The number of aliphatic hydroxyl groups is 1. The average Bonchev–Trinajstić information content (AvgIpc) is 3.27. The quantitative estimate of drug-likeness (QED) is 0.750. The molecule has 4 rings (SSSR count). The molecule has 3 aromatic rings. The number of hydrogen-bond donors (Lipinski definition) is 2. The number of β-amino-alcohol motifs (C(OH)–C–C–N with tert-alkyl or cyclic N) is 1. The summed E-state index contributed by atoms with van der Waals surface area (Å²) in [5.41, 5.74) is 2.05. The van der Waals surface area contributed by atoms with Crippen LogP contribution in [-0.2, 0) is 6.54 Å². The molecule has 0 spiro atoms. The van der Waals surface area contributed by atoms with Crippen LogP contribution in [0.15, 0.2) is 48.7 Å². The average molecular weight is 357 g/mol. The van der Waals surface area contributed by atoms with Gasteiger partial charge in [-0.2, -0.15) is 5.10 Å². The number of likely N-dealkylation sites (tertiary alicyclic amines) is 1. The molecule has 2 atom stereocenters. The molecule has 1 saturated heterocycles. The number of hydrogen-bond acceptors (Lipinski definition) is 4. The lowest BCUT2D eigenvalue weighted by atomic mass is 9.87. The molecule has 1 aromatic carbocycles. The monoisotopic (exact) mass is 357 g/mol. The van der Waals surface area contributed by atoms with Crippen LogP contribution in [0.3, 0.4) is 0 Å². The van der Waals surface area contributed by atoms with Gasteiger partial charge in [-0.1, -0.05) is 12.1 Å². The van der Waals surface area contributed by atoms with Gasteiger partial charge in [-0.05, 0) is 48.9 Å². The summed E-state index contributed by atoms with van der Waals surface area (Å²) < 4.78 is 13.1. The van der Waals surface area contributed by atoms with Crippen molar-refractivity contribution in [1.82, 2.24) is 15.1 Å². The standard InChI is InChI=1S/C19H20FN3OS/c20-14-3-1-13(2-4-14)16-8-10-23(12-18(16)24)11-15-5-6-19(25-15)17-7-9-21-22-17/h1-7,9,16,18,24H,8,10-12H2,(H,21,22)/t16-,18+/m0/s1. The normalized spacial score (nSPS) is 21.5. The van der Waals surface area contributed by atoms with Crippen LogP contribution in [0.1, 0.15) is 22.8 Å². The van der Waals surface area contributed by atoms with Crippen molar-refractivity contribution < 1.29 is 9.50 Å². The zero-order valence-corrected chi connectivity index (χ0v) is 14.5. The molecule has 2 N–H and O–H groups in total. The fourth-order valence-corrected chi connectivity index (χ4v) is 4.49. The van der Waals surface area contributed by atoms with Gasteiger partial charge < -0.3 is 5.11 Å². The number of benzene rings is 1. The number of piperidine rings is 1. The SMILES string of the molecule is O[C@@H]1CN(Cc2ccc(-c3ccn[nH]3)s2)CC[C@H]1c1ccc(F)cc1. The number of aromatic nitrogens is 2. The highest BCUT2D eigenvalue weighted by molar-refractivity contribution is 7.15. The lowest BCUT2D eigenvalue weighted by molar-refractivity contribution is 0.0481. The first-order chi connectivity index (χ1) is 12.2. The van der Waals surface area contributed by atoms with E-state index in [0.717, 1.165) is 30.8 Å². The second-order valence-electron chi connectivity index (χ2n) is 6.49. The molecule has 130 valence electrons. The first-order valence-electron chi connectivity index (χ1n) is 8.43. The molecule has 2 aromatic heterocycles. The van der Waals surface area contributed by atoms with E-state index in [9.17, 15) is 9.50 Å². The van der Waals surface area contributed by atoms with Crippen molar-refractivity contribution in [3.05, 3.63) is 64.9 Å². The van der Waals surface area contributed by atoms with E-state index in [4.69, 9.17) is 0 Å². The number of nitrogens with zero attached hydrogens (tertiary/aromatic N) is 2. The van der Waals surface area contributed by atoms with E-state index in [0.29, 0.717) is 6.54 Å². The Morgan fingerprint density at radius 3 is 2.76 bits per heavy atom. The molecule has 0 bridgehead atoms. The summed E-state index contributed by atoms with van der Waals surface area (Å²) in [5, 5.41) is 17.5. The number of nitrogens with one attached hydrogen (secondary N) is 1. The summed E-state index contributed by atoms with van der Waals surface area (Å²) in [6.07, 6.45) is 2.21.